The maximum absolute atomic E-state index is 12.5. The van der Waals surface area contributed by atoms with Crippen LogP contribution in [-0.2, 0) is 0 Å². The maximum atomic E-state index is 12.5. The van der Waals surface area contributed by atoms with Crippen LogP contribution in [0.3, 0.4) is 0 Å². The molecule has 22 heavy (non-hydrogen) atoms. The molecule has 2 aromatic carbocycles. The first-order valence-electron chi connectivity index (χ1n) is 6.36. The van der Waals surface area contributed by atoms with Crippen molar-refractivity contribution < 1.29 is 19.0 Å². The fraction of sp³-hybridized carbons (Fsp3) is 0.188. The molecule has 2 rings (SSSR count). The van der Waals surface area contributed by atoms with Crippen LogP contribution in [0.1, 0.15) is 10.4 Å². The Bertz CT molecular complexity index is 606. The third-order valence-corrected chi connectivity index (χ3v) is 4.10. The fourth-order valence-corrected chi connectivity index (χ4v) is 2.91. The predicted molar refractivity (Wildman–Crippen MR) is 90.6 cm³/mol. The SMILES string of the molecule is COc1ccc(PC(=O)c2c(OC)cccc2OC)cc1.[Li]. The summed E-state index contributed by atoms with van der Waals surface area (Å²) in [7, 11) is 4.70. The molecule has 0 spiro atoms. The second-order valence-electron chi connectivity index (χ2n) is 4.22. The van der Waals surface area contributed by atoms with Gasteiger partial charge in [-0.05, 0) is 38.2 Å². The summed E-state index contributed by atoms with van der Waals surface area (Å²) >= 11 is 0. The van der Waals surface area contributed by atoms with Crippen molar-refractivity contribution in [1.29, 1.82) is 0 Å². The minimum absolute atomic E-state index is 0. The molecule has 0 fully saturated rings. The normalized spacial score (nSPS) is 10.1. The van der Waals surface area contributed by atoms with E-state index in [0.717, 1.165) is 11.1 Å². The molecule has 6 heteroatoms. The molecule has 2 aromatic rings. The van der Waals surface area contributed by atoms with Crippen molar-refractivity contribution >= 4 is 38.3 Å². The first-order valence-corrected chi connectivity index (χ1v) is 7.36. The molecule has 1 unspecified atom stereocenters. The smallest absolute Gasteiger partial charge is 0.193 e. The Labute approximate surface area is 144 Å². The second-order valence-corrected chi connectivity index (χ2v) is 5.50. The van der Waals surface area contributed by atoms with Crippen LogP contribution >= 0.6 is 8.58 Å². The van der Waals surface area contributed by atoms with E-state index in [0.29, 0.717) is 17.1 Å². The van der Waals surface area contributed by atoms with E-state index in [1.54, 1.807) is 39.5 Å². The van der Waals surface area contributed by atoms with Crippen LogP contribution in [0.15, 0.2) is 42.5 Å². The monoisotopic (exact) mass is 311 g/mol. The number of benzene rings is 2. The van der Waals surface area contributed by atoms with Crippen LogP contribution in [0.2, 0.25) is 0 Å². The van der Waals surface area contributed by atoms with Gasteiger partial charge in [0, 0.05) is 18.9 Å². The van der Waals surface area contributed by atoms with E-state index < -0.39 is 0 Å². The largest absolute Gasteiger partial charge is 0.497 e. The molecule has 0 aliphatic carbocycles. The van der Waals surface area contributed by atoms with Crippen LogP contribution < -0.4 is 19.5 Å². The van der Waals surface area contributed by atoms with Gasteiger partial charge in [0.15, 0.2) is 5.52 Å². The van der Waals surface area contributed by atoms with Gasteiger partial charge in [-0.15, -0.1) is 0 Å². The summed E-state index contributed by atoms with van der Waals surface area (Å²) in [4.78, 5) is 12.5. The van der Waals surface area contributed by atoms with Crippen molar-refractivity contribution in [3.8, 4) is 17.2 Å². The number of hydrogen-bond donors (Lipinski definition) is 0. The van der Waals surface area contributed by atoms with Crippen LogP contribution in [0.25, 0.3) is 0 Å². The molecular formula is C16H17LiO4P. The molecule has 0 N–H and O–H groups in total. The Balaban J connectivity index is 0.00000242. The van der Waals surface area contributed by atoms with Gasteiger partial charge in [0.25, 0.3) is 0 Å². The van der Waals surface area contributed by atoms with Gasteiger partial charge in [0.05, 0.1) is 21.3 Å². The first kappa shape index (κ1) is 18.6. The average molecular weight is 311 g/mol. The Morgan fingerprint density at radius 2 is 1.41 bits per heavy atom. The zero-order chi connectivity index (χ0) is 15.2. The summed E-state index contributed by atoms with van der Waals surface area (Å²) in [6.07, 6.45) is 0. The molecule has 4 nitrogen and oxygen atoms in total. The van der Waals surface area contributed by atoms with Gasteiger partial charge in [0.1, 0.15) is 22.8 Å². The molecule has 0 bridgehead atoms. The van der Waals surface area contributed by atoms with E-state index in [-0.39, 0.29) is 33.0 Å². The molecule has 0 saturated heterocycles. The molecule has 111 valence electrons. The molecule has 0 saturated carbocycles. The third kappa shape index (κ3) is 4.27. The van der Waals surface area contributed by atoms with Gasteiger partial charge in [-0.3, -0.25) is 4.79 Å². The summed E-state index contributed by atoms with van der Waals surface area (Å²) in [5, 5.41) is 0.939. The zero-order valence-corrected chi connectivity index (χ0v) is 14.2. The molecular weight excluding hydrogens is 294 g/mol. The van der Waals surface area contributed by atoms with E-state index in [4.69, 9.17) is 14.2 Å². The van der Waals surface area contributed by atoms with Gasteiger partial charge < -0.3 is 14.2 Å². The fourth-order valence-electron chi connectivity index (χ4n) is 1.94. The summed E-state index contributed by atoms with van der Waals surface area (Å²) in [5.74, 6) is 1.83. The van der Waals surface area contributed by atoms with E-state index in [1.807, 2.05) is 24.3 Å². The van der Waals surface area contributed by atoms with Crippen molar-refractivity contribution in [2.45, 2.75) is 0 Å². The molecule has 1 atom stereocenters. The van der Waals surface area contributed by atoms with Crippen molar-refractivity contribution in [2.75, 3.05) is 21.3 Å². The van der Waals surface area contributed by atoms with Crippen molar-refractivity contribution in [3.63, 3.8) is 0 Å². The quantitative estimate of drug-likeness (QED) is 0.607. The molecule has 0 aliphatic rings. The molecule has 1 radical (unpaired) electrons. The number of methoxy groups -OCH3 is 3. The topological polar surface area (TPSA) is 44.8 Å². The Morgan fingerprint density at radius 1 is 0.864 bits per heavy atom. The third-order valence-electron chi connectivity index (χ3n) is 3.00. The van der Waals surface area contributed by atoms with E-state index in [2.05, 4.69) is 0 Å². The minimum Gasteiger partial charge on any atom is -0.497 e. The van der Waals surface area contributed by atoms with Crippen molar-refractivity contribution in [3.05, 3.63) is 48.0 Å². The standard InChI is InChI=1S/C16H17O4P.Li/c1-18-11-7-9-12(10-8-11)21-16(17)15-13(19-2)5-4-6-14(15)20-3;/h4-10,21H,1-3H3;. The van der Waals surface area contributed by atoms with Crippen molar-refractivity contribution in [2.24, 2.45) is 0 Å². The Kier molecular flexibility index (Phi) is 7.48. The summed E-state index contributed by atoms with van der Waals surface area (Å²) in [5.41, 5.74) is 0.464. The van der Waals surface area contributed by atoms with Gasteiger partial charge in [-0.2, -0.15) is 0 Å². The summed E-state index contributed by atoms with van der Waals surface area (Å²) in [6, 6.07) is 12.8. The predicted octanol–water partition coefficient (Wildman–Crippen LogP) is 2.48. The second kappa shape index (κ2) is 8.85. The number of ether oxygens (including phenoxy) is 3. The van der Waals surface area contributed by atoms with E-state index >= 15 is 0 Å². The van der Waals surface area contributed by atoms with Gasteiger partial charge in [0.2, 0.25) is 0 Å². The van der Waals surface area contributed by atoms with Gasteiger partial charge in [-0.25, -0.2) is 0 Å². The number of rotatable bonds is 6. The maximum Gasteiger partial charge on any atom is 0.193 e. The average Bonchev–Trinajstić information content (AvgIpc) is 2.54. The molecule has 0 aliphatic heterocycles. The first-order chi connectivity index (χ1) is 10.2. The number of carbonyl (C=O) groups is 1. The van der Waals surface area contributed by atoms with Crippen LogP contribution in [0.5, 0.6) is 17.2 Å². The Morgan fingerprint density at radius 3 is 1.86 bits per heavy atom. The van der Waals surface area contributed by atoms with Gasteiger partial charge >= 0.3 is 0 Å². The summed E-state index contributed by atoms with van der Waals surface area (Å²) < 4.78 is 15.6. The van der Waals surface area contributed by atoms with Crippen LogP contribution in [0, 0.1) is 0 Å². The number of carbonyl (C=O) groups excluding carboxylic acids is 1. The molecule has 0 aromatic heterocycles. The van der Waals surface area contributed by atoms with Crippen LogP contribution in [0.4, 0.5) is 0 Å². The summed E-state index contributed by atoms with van der Waals surface area (Å²) in [6.45, 7) is 0. The van der Waals surface area contributed by atoms with Crippen LogP contribution in [-0.4, -0.2) is 45.7 Å². The Hall–Kier alpha value is -1.46. The number of hydrogen-bond acceptors (Lipinski definition) is 4. The molecule has 0 heterocycles. The van der Waals surface area contributed by atoms with Gasteiger partial charge in [-0.1, -0.05) is 18.2 Å². The van der Waals surface area contributed by atoms with E-state index in [9.17, 15) is 4.79 Å². The van der Waals surface area contributed by atoms with Crippen molar-refractivity contribution in [1.82, 2.24) is 0 Å². The van der Waals surface area contributed by atoms with E-state index in [1.165, 1.54) is 0 Å². The molecule has 0 amide bonds. The minimum atomic E-state index is -0.0190. The zero-order valence-electron chi connectivity index (χ0n) is 13.2.